The first-order valence-electron chi connectivity index (χ1n) is 7.58. The predicted molar refractivity (Wildman–Crippen MR) is 81.2 cm³/mol. The lowest BCUT2D eigenvalue weighted by molar-refractivity contribution is 0.311. The second kappa shape index (κ2) is 6.38. The van der Waals surface area contributed by atoms with Crippen LogP contribution in [-0.2, 0) is 0 Å². The van der Waals surface area contributed by atoms with Gasteiger partial charge in [-0.1, -0.05) is 20.8 Å². The molecule has 0 bridgehead atoms. The molecule has 3 heteroatoms. The van der Waals surface area contributed by atoms with Crippen molar-refractivity contribution in [2.24, 2.45) is 17.6 Å². The second-order valence-corrected chi connectivity index (χ2v) is 6.02. The van der Waals surface area contributed by atoms with Gasteiger partial charge in [-0.05, 0) is 43.2 Å². The van der Waals surface area contributed by atoms with Gasteiger partial charge in [-0.15, -0.1) is 0 Å². The van der Waals surface area contributed by atoms with Gasteiger partial charge in [0, 0.05) is 19.1 Å². The summed E-state index contributed by atoms with van der Waals surface area (Å²) in [6.45, 7) is 9.08. The fraction of sp³-hybridized carbons (Fsp3) is 0.688. The standard InChI is InChI=1S/C16H27N3/c1-4-15(17)16-6-5-14(11-18-16)19-9-7-13(8-10-19)12(2)3/h5-6,11-13,15H,4,7-10,17H2,1-3H3. The van der Waals surface area contributed by atoms with Crippen molar-refractivity contribution in [2.45, 2.75) is 46.1 Å². The van der Waals surface area contributed by atoms with Crippen LogP contribution in [0.5, 0.6) is 0 Å². The zero-order valence-corrected chi connectivity index (χ0v) is 12.5. The van der Waals surface area contributed by atoms with Crippen molar-refractivity contribution < 1.29 is 0 Å². The van der Waals surface area contributed by atoms with E-state index in [0.717, 1.165) is 37.0 Å². The quantitative estimate of drug-likeness (QED) is 0.903. The maximum absolute atomic E-state index is 6.00. The largest absolute Gasteiger partial charge is 0.370 e. The van der Waals surface area contributed by atoms with Crippen LogP contribution in [0.3, 0.4) is 0 Å². The van der Waals surface area contributed by atoms with E-state index in [2.05, 4.69) is 42.8 Å². The summed E-state index contributed by atoms with van der Waals surface area (Å²) in [7, 11) is 0. The molecule has 1 atom stereocenters. The average Bonchev–Trinajstić information content (AvgIpc) is 2.46. The Kier molecular flexibility index (Phi) is 4.81. The van der Waals surface area contributed by atoms with Crippen molar-refractivity contribution in [3.8, 4) is 0 Å². The molecule has 0 aromatic carbocycles. The first kappa shape index (κ1) is 14.3. The monoisotopic (exact) mass is 261 g/mol. The van der Waals surface area contributed by atoms with Gasteiger partial charge in [0.15, 0.2) is 0 Å². The zero-order valence-electron chi connectivity index (χ0n) is 12.5. The lowest BCUT2D eigenvalue weighted by Gasteiger charge is -2.35. The van der Waals surface area contributed by atoms with Crippen LogP contribution < -0.4 is 10.6 Å². The van der Waals surface area contributed by atoms with Crippen LogP contribution >= 0.6 is 0 Å². The van der Waals surface area contributed by atoms with E-state index in [-0.39, 0.29) is 6.04 Å². The predicted octanol–water partition coefficient (Wildman–Crippen LogP) is 3.36. The van der Waals surface area contributed by atoms with E-state index in [0.29, 0.717) is 0 Å². The minimum absolute atomic E-state index is 0.0701. The van der Waals surface area contributed by atoms with Crippen molar-refractivity contribution in [2.75, 3.05) is 18.0 Å². The Labute approximate surface area is 117 Å². The van der Waals surface area contributed by atoms with Crippen LogP contribution in [-0.4, -0.2) is 18.1 Å². The Morgan fingerprint density at radius 1 is 1.32 bits per heavy atom. The van der Waals surface area contributed by atoms with E-state index in [4.69, 9.17) is 5.73 Å². The number of pyridine rings is 1. The summed E-state index contributed by atoms with van der Waals surface area (Å²) < 4.78 is 0. The highest BCUT2D eigenvalue weighted by Gasteiger charge is 2.21. The Bertz CT molecular complexity index is 377. The number of piperidine rings is 1. The van der Waals surface area contributed by atoms with Crippen molar-refractivity contribution >= 4 is 5.69 Å². The van der Waals surface area contributed by atoms with Crippen LogP contribution in [0.2, 0.25) is 0 Å². The van der Waals surface area contributed by atoms with Crippen molar-refractivity contribution in [1.82, 2.24) is 4.98 Å². The molecule has 0 amide bonds. The number of anilines is 1. The lowest BCUT2D eigenvalue weighted by Crippen LogP contribution is -2.35. The molecule has 1 saturated heterocycles. The summed E-state index contributed by atoms with van der Waals surface area (Å²) in [5.74, 6) is 1.70. The molecule has 19 heavy (non-hydrogen) atoms. The molecule has 1 aliphatic rings. The summed E-state index contributed by atoms with van der Waals surface area (Å²) in [5.41, 5.74) is 8.25. The molecule has 2 rings (SSSR count). The molecule has 0 spiro atoms. The van der Waals surface area contributed by atoms with E-state index < -0.39 is 0 Å². The number of nitrogens with zero attached hydrogens (tertiary/aromatic N) is 2. The summed E-state index contributed by atoms with van der Waals surface area (Å²) in [6, 6.07) is 4.33. The smallest absolute Gasteiger partial charge is 0.0572 e. The highest BCUT2D eigenvalue weighted by Crippen LogP contribution is 2.27. The van der Waals surface area contributed by atoms with Gasteiger partial charge in [-0.25, -0.2) is 0 Å². The van der Waals surface area contributed by atoms with Gasteiger partial charge in [0.2, 0.25) is 0 Å². The Morgan fingerprint density at radius 3 is 2.47 bits per heavy atom. The Hall–Kier alpha value is -1.09. The van der Waals surface area contributed by atoms with E-state index >= 15 is 0 Å². The highest BCUT2D eigenvalue weighted by molar-refractivity contribution is 5.45. The molecule has 2 heterocycles. The summed E-state index contributed by atoms with van der Waals surface area (Å²) in [4.78, 5) is 6.96. The molecule has 1 aromatic rings. The number of rotatable bonds is 4. The summed E-state index contributed by atoms with van der Waals surface area (Å²) in [6.07, 6.45) is 5.52. The van der Waals surface area contributed by atoms with E-state index in [9.17, 15) is 0 Å². The third-order valence-corrected chi connectivity index (χ3v) is 4.44. The molecule has 0 saturated carbocycles. The van der Waals surface area contributed by atoms with Crippen LogP contribution in [0.1, 0.15) is 51.8 Å². The van der Waals surface area contributed by atoms with Gasteiger partial charge < -0.3 is 10.6 Å². The molecular weight excluding hydrogens is 234 g/mol. The summed E-state index contributed by atoms with van der Waals surface area (Å²) in [5, 5.41) is 0. The number of hydrogen-bond donors (Lipinski definition) is 1. The SMILES string of the molecule is CCC(N)c1ccc(N2CCC(C(C)C)CC2)cn1. The molecule has 1 fully saturated rings. The average molecular weight is 261 g/mol. The second-order valence-electron chi connectivity index (χ2n) is 6.02. The Balaban J connectivity index is 1.96. The fourth-order valence-corrected chi connectivity index (χ4v) is 2.84. The molecule has 0 radical (unpaired) electrons. The number of nitrogens with two attached hydrogens (primary N) is 1. The fourth-order valence-electron chi connectivity index (χ4n) is 2.84. The van der Waals surface area contributed by atoms with Gasteiger partial charge in [0.1, 0.15) is 0 Å². The number of hydrogen-bond acceptors (Lipinski definition) is 3. The van der Waals surface area contributed by atoms with Crippen LogP contribution in [0.15, 0.2) is 18.3 Å². The first-order chi connectivity index (χ1) is 9.11. The van der Waals surface area contributed by atoms with E-state index in [1.807, 2.05) is 6.20 Å². The van der Waals surface area contributed by atoms with Crippen molar-refractivity contribution in [3.05, 3.63) is 24.0 Å². The van der Waals surface area contributed by atoms with Crippen LogP contribution in [0.4, 0.5) is 5.69 Å². The first-order valence-corrected chi connectivity index (χ1v) is 7.58. The normalized spacial score (nSPS) is 18.9. The maximum Gasteiger partial charge on any atom is 0.0572 e. The van der Waals surface area contributed by atoms with Crippen LogP contribution in [0.25, 0.3) is 0 Å². The van der Waals surface area contributed by atoms with E-state index in [1.165, 1.54) is 18.5 Å². The molecule has 2 N–H and O–H groups in total. The lowest BCUT2D eigenvalue weighted by atomic mass is 9.86. The minimum atomic E-state index is 0.0701. The van der Waals surface area contributed by atoms with Gasteiger partial charge in [0.05, 0.1) is 17.6 Å². The molecule has 1 aliphatic heterocycles. The van der Waals surface area contributed by atoms with Crippen molar-refractivity contribution in [1.29, 1.82) is 0 Å². The highest BCUT2D eigenvalue weighted by atomic mass is 15.1. The molecule has 106 valence electrons. The topological polar surface area (TPSA) is 42.1 Å². The zero-order chi connectivity index (χ0) is 13.8. The van der Waals surface area contributed by atoms with Gasteiger partial charge in [0.25, 0.3) is 0 Å². The Morgan fingerprint density at radius 2 is 2.00 bits per heavy atom. The van der Waals surface area contributed by atoms with Gasteiger partial charge >= 0.3 is 0 Å². The third kappa shape index (κ3) is 3.47. The molecular formula is C16H27N3. The number of aromatic nitrogens is 1. The minimum Gasteiger partial charge on any atom is -0.370 e. The van der Waals surface area contributed by atoms with Gasteiger partial charge in [-0.2, -0.15) is 0 Å². The summed E-state index contributed by atoms with van der Waals surface area (Å²) >= 11 is 0. The molecule has 3 nitrogen and oxygen atoms in total. The molecule has 0 aliphatic carbocycles. The van der Waals surface area contributed by atoms with Crippen molar-refractivity contribution in [3.63, 3.8) is 0 Å². The van der Waals surface area contributed by atoms with E-state index in [1.54, 1.807) is 0 Å². The molecule has 1 unspecified atom stereocenters. The maximum atomic E-state index is 6.00. The third-order valence-electron chi connectivity index (χ3n) is 4.44. The van der Waals surface area contributed by atoms with Gasteiger partial charge in [-0.3, -0.25) is 4.98 Å². The van der Waals surface area contributed by atoms with Crippen LogP contribution in [0, 0.1) is 11.8 Å². The molecule has 1 aromatic heterocycles.